The van der Waals surface area contributed by atoms with Crippen LogP contribution in [0.15, 0.2) is 72.6 Å². The lowest BCUT2D eigenvalue weighted by Crippen LogP contribution is -2.14. The molecular formula is C27H20N4O4S. The molecule has 2 aromatic heterocycles. The van der Waals surface area contributed by atoms with Crippen LogP contribution in [0.25, 0.3) is 27.6 Å². The molecule has 5 aromatic rings. The van der Waals surface area contributed by atoms with Crippen molar-refractivity contribution in [3.05, 3.63) is 94.8 Å². The minimum atomic E-state index is -1.20. The first kappa shape index (κ1) is 23.3. The van der Waals surface area contributed by atoms with Crippen LogP contribution in [0.2, 0.25) is 0 Å². The SMILES string of the molecule is COc1ccc(C(=O)C(Cc2ccc3nccnc3c2)=C(C(=O)O)c2ccc3nsnc3c2)cc1C. The summed E-state index contributed by atoms with van der Waals surface area (Å²) in [5.74, 6) is -0.939. The number of methoxy groups -OCH3 is 1. The normalized spacial score (nSPS) is 11.9. The van der Waals surface area contributed by atoms with Gasteiger partial charge in [-0.2, -0.15) is 8.75 Å². The van der Waals surface area contributed by atoms with E-state index in [1.54, 1.807) is 55.9 Å². The van der Waals surface area contributed by atoms with E-state index in [2.05, 4.69) is 18.7 Å². The smallest absolute Gasteiger partial charge is 0.336 e. The lowest BCUT2D eigenvalue weighted by atomic mass is 9.89. The second kappa shape index (κ2) is 9.63. The van der Waals surface area contributed by atoms with Crippen LogP contribution < -0.4 is 4.74 Å². The van der Waals surface area contributed by atoms with E-state index in [0.717, 1.165) is 22.9 Å². The second-order valence-corrected chi connectivity index (χ2v) is 8.72. The molecule has 178 valence electrons. The number of fused-ring (bicyclic) bond motifs is 2. The first-order chi connectivity index (χ1) is 17.4. The zero-order chi connectivity index (χ0) is 25.2. The number of benzene rings is 3. The highest BCUT2D eigenvalue weighted by Gasteiger charge is 2.25. The van der Waals surface area contributed by atoms with Crippen LogP contribution in [0.4, 0.5) is 0 Å². The Kier molecular flexibility index (Phi) is 6.22. The standard InChI is InChI=1S/C27H20N4O4S/c1-15-11-18(5-8-24(15)35-2)26(32)19(12-16-3-6-20-22(13-16)29-10-9-28-20)25(27(33)34)17-4-7-21-23(14-17)31-36-30-21/h3-11,13-14H,12H2,1-2H3,(H,33,34). The van der Waals surface area contributed by atoms with Gasteiger partial charge in [0, 0.05) is 30.0 Å². The average Bonchev–Trinajstić information content (AvgIpc) is 3.35. The van der Waals surface area contributed by atoms with Crippen molar-refractivity contribution in [2.75, 3.05) is 7.11 Å². The van der Waals surface area contributed by atoms with Crippen LogP contribution in [0.5, 0.6) is 5.75 Å². The molecule has 0 bridgehead atoms. The van der Waals surface area contributed by atoms with E-state index in [0.29, 0.717) is 38.9 Å². The maximum Gasteiger partial charge on any atom is 0.336 e. The predicted octanol–water partition coefficient (Wildman–Crippen LogP) is 4.92. The van der Waals surface area contributed by atoms with E-state index < -0.39 is 5.97 Å². The summed E-state index contributed by atoms with van der Waals surface area (Å²) < 4.78 is 13.7. The molecule has 2 heterocycles. The summed E-state index contributed by atoms with van der Waals surface area (Å²) in [5, 5.41) is 10.3. The summed E-state index contributed by atoms with van der Waals surface area (Å²) in [6, 6.07) is 15.5. The van der Waals surface area contributed by atoms with Crippen molar-refractivity contribution in [1.29, 1.82) is 0 Å². The van der Waals surface area contributed by atoms with Gasteiger partial charge in [0.15, 0.2) is 5.78 Å². The van der Waals surface area contributed by atoms with Gasteiger partial charge >= 0.3 is 5.97 Å². The van der Waals surface area contributed by atoms with Crippen LogP contribution in [-0.2, 0) is 11.2 Å². The molecule has 0 radical (unpaired) electrons. The molecule has 36 heavy (non-hydrogen) atoms. The molecule has 0 saturated carbocycles. The number of ketones is 1. The Morgan fingerprint density at radius 3 is 2.33 bits per heavy atom. The van der Waals surface area contributed by atoms with E-state index in [4.69, 9.17) is 4.74 Å². The Hall–Kier alpha value is -4.50. The van der Waals surface area contributed by atoms with E-state index in [9.17, 15) is 14.7 Å². The van der Waals surface area contributed by atoms with Crippen molar-refractivity contribution >= 4 is 51.1 Å². The Labute approximate surface area is 210 Å². The quantitative estimate of drug-likeness (QED) is 0.250. The lowest BCUT2D eigenvalue weighted by Gasteiger charge is -2.14. The number of hydrogen-bond donors (Lipinski definition) is 1. The van der Waals surface area contributed by atoms with Crippen LogP contribution in [0, 0.1) is 6.92 Å². The maximum atomic E-state index is 13.9. The van der Waals surface area contributed by atoms with Crippen molar-refractivity contribution in [3.8, 4) is 5.75 Å². The van der Waals surface area contributed by atoms with Gasteiger partial charge in [0.05, 0.1) is 35.4 Å². The van der Waals surface area contributed by atoms with Crippen molar-refractivity contribution in [2.45, 2.75) is 13.3 Å². The molecule has 0 aliphatic heterocycles. The minimum Gasteiger partial charge on any atom is -0.496 e. The first-order valence-electron chi connectivity index (χ1n) is 11.0. The molecule has 0 unspecified atom stereocenters. The highest BCUT2D eigenvalue weighted by Crippen LogP contribution is 2.29. The second-order valence-electron chi connectivity index (χ2n) is 8.20. The molecule has 0 aliphatic rings. The van der Waals surface area contributed by atoms with Gasteiger partial charge in [-0.1, -0.05) is 12.1 Å². The largest absolute Gasteiger partial charge is 0.496 e. The molecule has 1 N–H and O–H groups in total. The molecule has 9 heteroatoms. The van der Waals surface area contributed by atoms with Gasteiger partial charge in [-0.05, 0) is 66.1 Å². The molecule has 0 spiro atoms. The minimum absolute atomic E-state index is 0.0809. The number of Topliss-reactive ketones (excluding diaryl/α,β-unsaturated/α-hetero) is 1. The number of carboxylic acids is 1. The number of rotatable bonds is 7. The highest BCUT2D eigenvalue weighted by atomic mass is 32.1. The van der Waals surface area contributed by atoms with Gasteiger partial charge in [-0.25, -0.2) is 4.79 Å². The number of hydrogen-bond acceptors (Lipinski definition) is 8. The number of nitrogens with zero attached hydrogens (tertiary/aromatic N) is 4. The summed E-state index contributed by atoms with van der Waals surface area (Å²) in [7, 11) is 1.56. The lowest BCUT2D eigenvalue weighted by molar-refractivity contribution is -0.130. The highest BCUT2D eigenvalue weighted by molar-refractivity contribution is 7.00. The Morgan fingerprint density at radius 1 is 0.861 bits per heavy atom. The monoisotopic (exact) mass is 496 g/mol. The van der Waals surface area contributed by atoms with Gasteiger partial charge < -0.3 is 9.84 Å². The molecule has 3 aromatic carbocycles. The fraction of sp³-hybridized carbons (Fsp3) is 0.111. The molecule has 0 aliphatic carbocycles. The van der Waals surface area contributed by atoms with Crippen molar-refractivity contribution in [3.63, 3.8) is 0 Å². The molecule has 0 fully saturated rings. The van der Waals surface area contributed by atoms with Gasteiger partial charge in [-0.15, -0.1) is 0 Å². The van der Waals surface area contributed by atoms with Crippen LogP contribution in [0.3, 0.4) is 0 Å². The predicted molar refractivity (Wildman–Crippen MR) is 137 cm³/mol. The van der Waals surface area contributed by atoms with Gasteiger partial charge in [0.25, 0.3) is 0 Å². The summed E-state index contributed by atoms with van der Waals surface area (Å²) >= 11 is 1.05. The van der Waals surface area contributed by atoms with E-state index in [1.807, 2.05) is 25.1 Å². The van der Waals surface area contributed by atoms with Gasteiger partial charge in [-0.3, -0.25) is 14.8 Å². The number of carbonyl (C=O) groups is 2. The van der Waals surface area contributed by atoms with Crippen molar-refractivity contribution in [1.82, 2.24) is 18.7 Å². The van der Waals surface area contributed by atoms with E-state index >= 15 is 0 Å². The molecule has 0 amide bonds. The zero-order valence-electron chi connectivity index (χ0n) is 19.4. The number of allylic oxidation sites excluding steroid dienone is 1. The number of aromatic nitrogens is 4. The van der Waals surface area contributed by atoms with E-state index in [1.165, 1.54) is 0 Å². The van der Waals surface area contributed by atoms with E-state index in [-0.39, 0.29) is 23.4 Å². The zero-order valence-corrected chi connectivity index (χ0v) is 20.2. The molecule has 0 saturated heterocycles. The third-order valence-corrected chi connectivity index (χ3v) is 6.46. The number of aryl methyl sites for hydroxylation is 1. The first-order valence-corrected chi connectivity index (χ1v) is 11.8. The summed E-state index contributed by atoms with van der Waals surface area (Å²) in [4.78, 5) is 35.1. The molecule has 0 atom stereocenters. The van der Waals surface area contributed by atoms with Crippen LogP contribution in [0.1, 0.15) is 27.0 Å². The summed E-state index contributed by atoms with van der Waals surface area (Å²) in [5.41, 5.74) is 4.96. The molecule has 5 rings (SSSR count). The fourth-order valence-electron chi connectivity index (χ4n) is 4.16. The van der Waals surface area contributed by atoms with Gasteiger partial charge in [0.1, 0.15) is 16.8 Å². The average molecular weight is 497 g/mol. The summed E-state index contributed by atoms with van der Waals surface area (Å²) in [6.45, 7) is 1.84. The number of aliphatic carboxylic acids is 1. The maximum absolute atomic E-state index is 13.9. The van der Waals surface area contributed by atoms with Gasteiger partial charge in [0.2, 0.25) is 0 Å². The molecule has 8 nitrogen and oxygen atoms in total. The number of ether oxygens (including phenoxy) is 1. The molecular weight excluding hydrogens is 476 g/mol. The third kappa shape index (κ3) is 4.44. The number of carboxylic acid groups (broad SMARTS) is 1. The van der Waals surface area contributed by atoms with Crippen molar-refractivity contribution in [2.24, 2.45) is 0 Å². The topological polar surface area (TPSA) is 115 Å². The van der Waals surface area contributed by atoms with Crippen LogP contribution in [-0.4, -0.2) is 42.7 Å². The Morgan fingerprint density at radius 2 is 1.58 bits per heavy atom. The third-order valence-electron chi connectivity index (χ3n) is 5.90. The Bertz CT molecular complexity index is 1680. The van der Waals surface area contributed by atoms with Crippen LogP contribution >= 0.6 is 11.7 Å². The van der Waals surface area contributed by atoms with Crippen molar-refractivity contribution < 1.29 is 19.4 Å². The summed E-state index contributed by atoms with van der Waals surface area (Å²) in [6.07, 6.45) is 3.29. The number of carbonyl (C=O) groups excluding carboxylic acids is 1. The Balaban J connectivity index is 1.69. The fourth-order valence-corrected chi connectivity index (χ4v) is 4.68.